The molecule has 0 saturated heterocycles. The van der Waals surface area contributed by atoms with Crippen LogP contribution in [0.1, 0.15) is 10.5 Å². The van der Waals surface area contributed by atoms with Gasteiger partial charge < -0.3 is 0 Å². The minimum atomic E-state index is -0.651. The summed E-state index contributed by atoms with van der Waals surface area (Å²) in [6.07, 6.45) is 1.68. The molecule has 1 aromatic rings. The van der Waals surface area contributed by atoms with E-state index in [1.165, 1.54) is 12.3 Å². The van der Waals surface area contributed by atoms with Crippen LogP contribution in [0.25, 0.3) is 0 Å². The number of hydrogen-bond donors (Lipinski definition) is 0. The molecule has 1 heterocycles. The van der Waals surface area contributed by atoms with Crippen LogP contribution in [0.15, 0.2) is 16.7 Å². The van der Waals surface area contributed by atoms with Gasteiger partial charge in [-0.25, -0.2) is 4.98 Å². The van der Waals surface area contributed by atoms with E-state index >= 15 is 0 Å². The molecule has 0 radical (unpaired) electrons. The fourth-order valence-corrected chi connectivity index (χ4v) is 0.995. The molecule has 12 heavy (non-hydrogen) atoms. The van der Waals surface area contributed by atoms with Crippen LogP contribution in [0, 0.1) is 10.1 Å². The van der Waals surface area contributed by atoms with Crippen molar-refractivity contribution in [3.8, 4) is 0 Å². The third-order valence-corrected chi connectivity index (χ3v) is 1.61. The van der Waals surface area contributed by atoms with Crippen molar-refractivity contribution in [3.63, 3.8) is 0 Å². The van der Waals surface area contributed by atoms with Crippen LogP contribution in [0.4, 0.5) is 5.69 Å². The Morgan fingerprint density at radius 3 is 2.83 bits per heavy atom. The number of halogens is 1. The van der Waals surface area contributed by atoms with Gasteiger partial charge in [-0.2, -0.15) is 0 Å². The first kappa shape index (κ1) is 8.79. The summed E-state index contributed by atoms with van der Waals surface area (Å²) in [7, 11) is 0. The predicted octanol–water partition coefficient (Wildman–Crippen LogP) is 1.56. The first-order chi connectivity index (χ1) is 5.65. The average molecular weight is 231 g/mol. The number of pyridine rings is 1. The first-order valence-electron chi connectivity index (χ1n) is 2.90. The summed E-state index contributed by atoms with van der Waals surface area (Å²) in [4.78, 5) is 23.5. The van der Waals surface area contributed by atoms with Gasteiger partial charge in [0.1, 0.15) is 0 Å². The Balaban J connectivity index is 3.30. The molecule has 0 N–H and O–H groups in total. The maximum Gasteiger partial charge on any atom is 0.299 e. The summed E-state index contributed by atoms with van der Waals surface area (Å²) < 4.78 is 0.472. The second-order valence-electron chi connectivity index (χ2n) is 1.93. The first-order valence-corrected chi connectivity index (χ1v) is 3.69. The second-order valence-corrected chi connectivity index (χ2v) is 2.85. The van der Waals surface area contributed by atoms with E-state index in [4.69, 9.17) is 0 Å². The van der Waals surface area contributed by atoms with Crippen LogP contribution in [0.3, 0.4) is 0 Å². The number of carbonyl (C=O) groups excluding carboxylic acids is 1. The number of carbonyl (C=O) groups is 1. The summed E-state index contributed by atoms with van der Waals surface area (Å²) in [5.74, 6) is 0. The lowest BCUT2D eigenvalue weighted by Crippen LogP contribution is -1.96. The van der Waals surface area contributed by atoms with Gasteiger partial charge in [0.05, 0.1) is 4.92 Å². The van der Waals surface area contributed by atoms with Gasteiger partial charge in [-0.1, -0.05) is 0 Å². The number of nitrogens with zero attached hydrogens (tertiary/aromatic N) is 2. The van der Waals surface area contributed by atoms with Gasteiger partial charge in [0.25, 0.3) is 5.69 Å². The maximum atomic E-state index is 10.3. The van der Waals surface area contributed by atoms with E-state index in [9.17, 15) is 14.9 Å². The van der Waals surface area contributed by atoms with Crippen LogP contribution in [-0.4, -0.2) is 16.2 Å². The molecule has 1 aromatic heterocycles. The van der Waals surface area contributed by atoms with Gasteiger partial charge in [0.2, 0.25) is 0 Å². The van der Waals surface area contributed by atoms with Crippen molar-refractivity contribution < 1.29 is 9.72 Å². The van der Waals surface area contributed by atoms with E-state index < -0.39 is 4.92 Å². The standard InChI is InChI=1S/C6H3BrN2O3/c7-4-1-6(9(11)12)5(3-10)8-2-4/h1-3H. The minimum absolute atomic E-state index is 0.164. The van der Waals surface area contributed by atoms with Crippen LogP contribution < -0.4 is 0 Å². The highest BCUT2D eigenvalue weighted by molar-refractivity contribution is 9.10. The third kappa shape index (κ3) is 1.65. The molecule has 0 spiro atoms. The molecule has 0 aromatic carbocycles. The molecule has 1 rings (SSSR count). The summed E-state index contributed by atoms with van der Waals surface area (Å²) in [5.41, 5.74) is -0.456. The molecule has 6 heteroatoms. The van der Waals surface area contributed by atoms with Crippen molar-refractivity contribution in [1.29, 1.82) is 0 Å². The Labute approximate surface area is 75.7 Å². The maximum absolute atomic E-state index is 10.3. The van der Waals surface area contributed by atoms with Crippen molar-refractivity contribution in [1.82, 2.24) is 4.98 Å². The quantitative estimate of drug-likeness (QED) is 0.439. The fourth-order valence-electron chi connectivity index (χ4n) is 0.676. The van der Waals surface area contributed by atoms with E-state index in [1.54, 1.807) is 0 Å². The zero-order valence-corrected chi connectivity index (χ0v) is 7.32. The molecule has 0 unspecified atom stereocenters. The topological polar surface area (TPSA) is 73.1 Å². The molecular formula is C6H3BrN2O3. The molecular weight excluding hydrogens is 228 g/mol. The summed E-state index contributed by atoms with van der Waals surface area (Å²) in [6.45, 7) is 0. The zero-order valence-electron chi connectivity index (χ0n) is 5.73. The average Bonchev–Trinajstić information content (AvgIpc) is 2.04. The van der Waals surface area contributed by atoms with Gasteiger partial charge in [0.15, 0.2) is 12.0 Å². The van der Waals surface area contributed by atoms with E-state index in [1.807, 2.05) is 0 Å². The van der Waals surface area contributed by atoms with Gasteiger partial charge in [-0.15, -0.1) is 0 Å². The summed E-state index contributed by atoms with van der Waals surface area (Å²) in [6, 6.07) is 1.23. The van der Waals surface area contributed by atoms with Crippen molar-refractivity contribution in [2.45, 2.75) is 0 Å². The Hall–Kier alpha value is -1.30. The summed E-state index contributed by atoms with van der Waals surface area (Å²) in [5, 5.41) is 10.3. The lowest BCUT2D eigenvalue weighted by Gasteiger charge is -1.94. The Morgan fingerprint density at radius 1 is 1.67 bits per heavy atom. The molecule has 0 saturated carbocycles. The number of aromatic nitrogens is 1. The predicted molar refractivity (Wildman–Crippen MR) is 44.0 cm³/mol. The highest BCUT2D eigenvalue weighted by atomic mass is 79.9. The molecule has 5 nitrogen and oxygen atoms in total. The van der Waals surface area contributed by atoms with Crippen LogP contribution in [-0.2, 0) is 0 Å². The van der Waals surface area contributed by atoms with Crippen molar-refractivity contribution in [2.24, 2.45) is 0 Å². The fraction of sp³-hybridized carbons (Fsp3) is 0. The molecule has 0 aliphatic carbocycles. The van der Waals surface area contributed by atoms with Gasteiger partial charge >= 0.3 is 0 Å². The smallest absolute Gasteiger partial charge is 0.296 e. The van der Waals surface area contributed by atoms with Crippen molar-refractivity contribution in [3.05, 3.63) is 32.5 Å². The normalized spacial score (nSPS) is 9.42. The van der Waals surface area contributed by atoms with E-state index in [2.05, 4.69) is 20.9 Å². The van der Waals surface area contributed by atoms with Crippen LogP contribution in [0.2, 0.25) is 0 Å². The Bertz CT molecular complexity index is 340. The number of nitro groups is 1. The summed E-state index contributed by atoms with van der Waals surface area (Å²) >= 11 is 3.01. The molecule has 0 bridgehead atoms. The van der Waals surface area contributed by atoms with Crippen LogP contribution in [0.5, 0.6) is 0 Å². The highest BCUT2D eigenvalue weighted by Crippen LogP contribution is 2.19. The number of rotatable bonds is 2. The monoisotopic (exact) mass is 230 g/mol. The molecule has 0 atom stereocenters. The molecule has 0 amide bonds. The molecule has 0 aliphatic heterocycles. The largest absolute Gasteiger partial charge is 0.299 e. The minimum Gasteiger partial charge on any atom is -0.296 e. The molecule has 62 valence electrons. The van der Waals surface area contributed by atoms with E-state index in [0.717, 1.165) is 0 Å². The van der Waals surface area contributed by atoms with Gasteiger partial charge in [-0.3, -0.25) is 14.9 Å². The Kier molecular flexibility index (Phi) is 2.49. The van der Waals surface area contributed by atoms with E-state index in [-0.39, 0.29) is 11.4 Å². The third-order valence-electron chi connectivity index (χ3n) is 1.17. The number of aldehydes is 1. The second kappa shape index (κ2) is 3.40. The van der Waals surface area contributed by atoms with E-state index in [0.29, 0.717) is 10.8 Å². The molecule has 0 fully saturated rings. The SMILES string of the molecule is O=Cc1ncc(Br)cc1[N+](=O)[O-]. The zero-order chi connectivity index (χ0) is 9.14. The van der Waals surface area contributed by atoms with Crippen LogP contribution >= 0.6 is 15.9 Å². The van der Waals surface area contributed by atoms with Crippen molar-refractivity contribution >= 4 is 27.9 Å². The highest BCUT2D eigenvalue weighted by Gasteiger charge is 2.14. The van der Waals surface area contributed by atoms with Gasteiger partial charge in [0, 0.05) is 16.7 Å². The molecule has 0 aliphatic rings. The van der Waals surface area contributed by atoms with Gasteiger partial charge in [-0.05, 0) is 15.9 Å². The van der Waals surface area contributed by atoms with Crippen molar-refractivity contribution in [2.75, 3.05) is 0 Å². The lowest BCUT2D eigenvalue weighted by atomic mass is 10.3. The lowest BCUT2D eigenvalue weighted by molar-refractivity contribution is -0.385. The number of hydrogen-bond acceptors (Lipinski definition) is 4. The Morgan fingerprint density at radius 2 is 2.33 bits per heavy atom.